The van der Waals surface area contributed by atoms with Gasteiger partial charge in [0.25, 0.3) is 0 Å². The van der Waals surface area contributed by atoms with E-state index in [1.807, 2.05) is 23.4 Å². The number of nitrogens with one attached hydrogen (secondary N) is 1. The van der Waals surface area contributed by atoms with Crippen LogP contribution in [-0.4, -0.2) is 28.9 Å². The minimum atomic E-state index is 0.0708. The average Bonchev–Trinajstić information content (AvgIpc) is 3.02. The van der Waals surface area contributed by atoms with Crippen molar-refractivity contribution in [1.82, 2.24) is 20.1 Å². The summed E-state index contributed by atoms with van der Waals surface area (Å²) in [6.07, 6.45) is 4.70. The fraction of sp³-hybridized carbons (Fsp3) is 0.500. The molecule has 98 valence electrons. The number of methoxy groups -OCH3 is 1. The molecule has 2 heterocycles. The fourth-order valence-corrected chi connectivity index (χ4v) is 2.73. The van der Waals surface area contributed by atoms with Crippen LogP contribution in [0.4, 0.5) is 0 Å². The Hall–Kier alpha value is -1.40. The zero-order valence-corrected chi connectivity index (χ0v) is 11.7. The van der Waals surface area contributed by atoms with E-state index in [-0.39, 0.29) is 6.04 Å². The van der Waals surface area contributed by atoms with Gasteiger partial charge in [0.1, 0.15) is 5.69 Å². The minimum absolute atomic E-state index is 0.0708. The lowest BCUT2D eigenvalue weighted by Crippen LogP contribution is -2.21. The molecule has 5 nitrogen and oxygen atoms in total. The highest BCUT2D eigenvalue weighted by atomic mass is 32.1. The molecule has 1 unspecified atom stereocenters. The smallest absolute Gasteiger partial charge is 0.161 e. The normalized spacial score (nSPS) is 12.6. The monoisotopic (exact) mass is 266 g/mol. The summed E-state index contributed by atoms with van der Waals surface area (Å²) >= 11 is 1.63. The van der Waals surface area contributed by atoms with E-state index in [2.05, 4.69) is 22.3 Å². The third-order valence-corrected chi connectivity index (χ3v) is 3.64. The molecular formula is C12H18N4OS. The molecule has 0 aliphatic carbocycles. The quantitative estimate of drug-likeness (QED) is 0.869. The van der Waals surface area contributed by atoms with Gasteiger partial charge < -0.3 is 10.1 Å². The number of nitrogens with zero attached hydrogens (tertiary/aromatic N) is 3. The van der Waals surface area contributed by atoms with Crippen molar-refractivity contribution in [2.24, 2.45) is 0 Å². The summed E-state index contributed by atoms with van der Waals surface area (Å²) in [6, 6.07) is 0.0708. The van der Waals surface area contributed by atoms with Crippen LogP contribution in [0.3, 0.4) is 0 Å². The van der Waals surface area contributed by atoms with Crippen molar-refractivity contribution in [3.05, 3.63) is 28.5 Å². The van der Waals surface area contributed by atoms with Crippen LogP contribution in [0.1, 0.15) is 30.0 Å². The van der Waals surface area contributed by atoms with Crippen LogP contribution < -0.4 is 10.1 Å². The SMILES string of the molecule is CCCn1ncc(OC)c1C(NC)c1cncs1. The molecule has 0 saturated heterocycles. The van der Waals surface area contributed by atoms with Crippen LogP contribution in [0.5, 0.6) is 5.75 Å². The van der Waals surface area contributed by atoms with E-state index in [0.29, 0.717) is 0 Å². The van der Waals surface area contributed by atoms with E-state index in [4.69, 9.17) is 4.74 Å². The summed E-state index contributed by atoms with van der Waals surface area (Å²) in [7, 11) is 3.61. The van der Waals surface area contributed by atoms with E-state index in [9.17, 15) is 0 Å². The number of hydrogen-bond acceptors (Lipinski definition) is 5. The van der Waals surface area contributed by atoms with Gasteiger partial charge in [-0.25, -0.2) is 0 Å². The predicted octanol–water partition coefficient (Wildman–Crippen LogP) is 2.07. The lowest BCUT2D eigenvalue weighted by molar-refractivity contribution is 0.400. The topological polar surface area (TPSA) is 52.0 Å². The van der Waals surface area contributed by atoms with Crippen molar-refractivity contribution in [2.45, 2.75) is 25.9 Å². The molecule has 2 rings (SSSR count). The summed E-state index contributed by atoms with van der Waals surface area (Å²) in [5.41, 5.74) is 2.90. The first-order valence-corrected chi connectivity index (χ1v) is 6.85. The number of rotatable bonds is 6. The predicted molar refractivity (Wildman–Crippen MR) is 72.1 cm³/mol. The van der Waals surface area contributed by atoms with Gasteiger partial charge in [-0.1, -0.05) is 6.92 Å². The average molecular weight is 266 g/mol. The molecule has 6 heteroatoms. The summed E-state index contributed by atoms with van der Waals surface area (Å²) in [5, 5.41) is 7.70. The number of aromatic nitrogens is 3. The summed E-state index contributed by atoms with van der Waals surface area (Å²) < 4.78 is 7.41. The Balaban J connectivity index is 2.42. The molecule has 0 aromatic carbocycles. The molecular weight excluding hydrogens is 248 g/mol. The number of hydrogen-bond donors (Lipinski definition) is 1. The second kappa shape index (κ2) is 5.97. The van der Waals surface area contributed by atoms with E-state index >= 15 is 0 Å². The van der Waals surface area contributed by atoms with Crippen LogP contribution in [0, 0.1) is 0 Å². The molecule has 0 saturated carbocycles. The molecule has 0 spiro atoms. The molecule has 18 heavy (non-hydrogen) atoms. The number of aryl methyl sites for hydroxylation is 1. The van der Waals surface area contributed by atoms with Gasteiger partial charge in [-0.3, -0.25) is 9.67 Å². The standard InChI is InChI=1S/C12H18N4OS/c1-4-5-16-12(9(17-3)6-15-16)11(13-2)10-7-14-8-18-10/h6-8,11,13H,4-5H2,1-3H3. The van der Waals surface area contributed by atoms with Gasteiger partial charge in [-0.2, -0.15) is 5.10 Å². The molecule has 0 amide bonds. The van der Waals surface area contributed by atoms with Crippen molar-refractivity contribution in [2.75, 3.05) is 14.2 Å². The highest BCUT2D eigenvalue weighted by molar-refractivity contribution is 7.09. The molecule has 0 bridgehead atoms. The van der Waals surface area contributed by atoms with E-state index in [0.717, 1.165) is 29.3 Å². The summed E-state index contributed by atoms with van der Waals surface area (Å²) in [4.78, 5) is 5.30. The molecule has 0 fully saturated rings. The van der Waals surface area contributed by atoms with Gasteiger partial charge in [-0.05, 0) is 13.5 Å². The van der Waals surface area contributed by atoms with Gasteiger partial charge in [0, 0.05) is 17.6 Å². The Morgan fingerprint density at radius 1 is 1.50 bits per heavy atom. The van der Waals surface area contributed by atoms with Crippen LogP contribution >= 0.6 is 11.3 Å². The molecule has 0 aliphatic rings. The Morgan fingerprint density at radius 3 is 2.89 bits per heavy atom. The fourth-order valence-electron chi connectivity index (χ4n) is 2.00. The first-order chi connectivity index (χ1) is 8.81. The third kappa shape index (κ3) is 2.39. The van der Waals surface area contributed by atoms with Gasteiger partial charge in [0.2, 0.25) is 0 Å². The molecule has 0 aliphatic heterocycles. The first-order valence-electron chi connectivity index (χ1n) is 5.97. The number of thiazole rings is 1. The van der Waals surface area contributed by atoms with Crippen molar-refractivity contribution >= 4 is 11.3 Å². The Bertz CT molecular complexity index is 480. The van der Waals surface area contributed by atoms with Gasteiger partial charge in [-0.15, -0.1) is 11.3 Å². The Kier molecular flexibility index (Phi) is 4.33. The van der Waals surface area contributed by atoms with Crippen molar-refractivity contribution in [1.29, 1.82) is 0 Å². The molecule has 2 aromatic heterocycles. The largest absolute Gasteiger partial charge is 0.493 e. The Morgan fingerprint density at radius 2 is 2.33 bits per heavy atom. The summed E-state index contributed by atoms with van der Waals surface area (Å²) in [6.45, 7) is 3.02. The van der Waals surface area contributed by atoms with E-state index in [1.165, 1.54) is 0 Å². The lowest BCUT2D eigenvalue weighted by atomic mass is 10.1. The van der Waals surface area contributed by atoms with Gasteiger partial charge in [0.15, 0.2) is 5.75 Å². The maximum Gasteiger partial charge on any atom is 0.161 e. The highest BCUT2D eigenvalue weighted by Gasteiger charge is 2.23. The van der Waals surface area contributed by atoms with Crippen molar-refractivity contribution in [3.8, 4) is 5.75 Å². The van der Waals surface area contributed by atoms with Gasteiger partial charge >= 0.3 is 0 Å². The van der Waals surface area contributed by atoms with Gasteiger partial charge in [0.05, 0.1) is 24.9 Å². The minimum Gasteiger partial charge on any atom is -0.493 e. The first kappa shape index (κ1) is 13.0. The molecule has 1 N–H and O–H groups in total. The molecule has 0 radical (unpaired) electrons. The van der Waals surface area contributed by atoms with Crippen LogP contribution in [-0.2, 0) is 6.54 Å². The second-order valence-electron chi connectivity index (χ2n) is 3.95. The highest BCUT2D eigenvalue weighted by Crippen LogP contribution is 2.31. The van der Waals surface area contributed by atoms with E-state index < -0.39 is 0 Å². The number of ether oxygens (including phenoxy) is 1. The summed E-state index contributed by atoms with van der Waals surface area (Å²) in [5.74, 6) is 0.816. The molecule has 2 aromatic rings. The third-order valence-electron chi connectivity index (χ3n) is 2.80. The second-order valence-corrected chi connectivity index (χ2v) is 4.86. The lowest BCUT2D eigenvalue weighted by Gasteiger charge is -2.17. The molecule has 1 atom stereocenters. The maximum absolute atomic E-state index is 5.41. The van der Waals surface area contributed by atoms with Crippen molar-refractivity contribution < 1.29 is 4.74 Å². The maximum atomic E-state index is 5.41. The van der Waals surface area contributed by atoms with E-state index in [1.54, 1.807) is 24.6 Å². The van der Waals surface area contributed by atoms with Crippen molar-refractivity contribution in [3.63, 3.8) is 0 Å². The van der Waals surface area contributed by atoms with Crippen LogP contribution in [0.15, 0.2) is 17.9 Å². The van der Waals surface area contributed by atoms with Crippen LogP contribution in [0.25, 0.3) is 0 Å². The van der Waals surface area contributed by atoms with Crippen LogP contribution in [0.2, 0.25) is 0 Å². The Labute approximate surface area is 111 Å². The zero-order chi connectivity index (χ0) is 13.0. The zero-order valence-electron chi connectivity index (χ0n) is 10.9.